The molecule has 0 spiro atoms. The second-order valence-corrected chi connectivity index (χ2v) is 19.8. The number of anilines is 3. The highest BCUT2D eigenvalue weighted by atomic mass is 16.5. The number of para-hydroxylation sites is 2. The summed E-state index contributed by atoms with van der Waals surface area (Å²) >= 11 is 0. The van der Waals surface area contributed by atoms with Gasteiger partial charge in [-0.15, -0.1) is 0 Å². The van der Waals surface area contributed by atoms with Crippen LogP contribution < -0.4 is 9.64 Å². The molecule has 11 aromatic rings. The molecule has 0 radical (unpaired) electrons. The van der Waals surface area contributed by atoms with Crippen molar-refractivity contribution in [3.8, 4) is 44.8 Å². The van der Waals surface area contributed by atoms with Gasteiger partial charge in [0.1, 0.15) is 5.75 Å². The van der Waals surface area contributed by atoms with E-state index in [1.165, 1.54) is 77.4 Å². The average Bonchev–Trinajstić information content (AvgIpc) is 3.94. The lowest BCUT2D eigenvalue weighted by Gasteiger charge is -2.36. The van der Waals surface area contributed by atoms with Crippen LogP contribution in [0.15, 0.2) is 244 Å². The Balaban J connectivity index is 0.933. The highest BCUT2D eigenvalue weighted by molar-refractivity contribution is 6.11. The molecule has 0 saturated heterocycles. The number of fused-ring (bicyclic) bond motifs is 6. The van der Waals surface area contributed by atoms with Gasteiger partial charge in [0.25, 0.3) is 0 Å². The number of aryl methyl sites for hydroxylation is 2. The van der Waals surface area contributed by atoms with Crippen molar-refractivity contribution in [3.63, 3.8) is 0 Å². The van der Waals surface area contributed by atoms with Gasteiger partial charge in [-0.3, -0.25) is 0 Å². The van der Waals surface area contributed by atoms with E-state index in [1.54, 1.807) is 0 Å². The third kappa shape index (κ3) is 8.31. The molecule has 74 heavy (non-hydrogen) atoms. The molecule has 0 fully saturated rings. The van der Waals surface area contributed by atoms with E-state index in [0.29, 0.717) is 6.61 Å². The first kappa shape index (κ1) is 46.2. The van der Waals surface area contributed by atoms with Crippen LogP contribution in [-0.2, 0) is 5.41 Å². The number of benzene rings is 10. The highest BCUT2D eigenvalue weighted by Gasteiger charge is 2.45. The van der Waals surface area contributed by atoms with Gasteiger partial charge in [-0.1, -0.05) is 176 Å². The first-order valence-electron chi connectivity index (χ1n) is 25.9. The Labute approximate surface area is 435 Å². The molecular formula is C71H58N2O. The Morgan fingerprint density at radius 3 is 1.68 bits per heavy atom. The third-order valence-corrected chi connectivity index (χ3v) is 15.3. The molecule has 1 atom stereocenters. The Morgan fingerprint density at radius 1 is 0.459 bits per heavy atom. The summed E-state index contributed by atoms with van der Waals surface area (Å²) in [5, 5.41) is 2.44. The molecule has 3 heteroatoms. The Bertz CT molecular complexity index is 3850. The van der Waals surface area contributed by atoms with Gasteiger partial charge >= 0.3 is 0 Å². The molecule has 0 amide bonds. The van der Waals surface area contributed by atoms with Gasteiger partial charge in [-0.25, -0.2) is 0 Å². The zero-order valence-electron chi connectivity index (χ0n) is 42.1. The maximum Gasteiger partial charge on any atom is 0.119 e. The average molecular weight is 955 g/mol. The summed E-state index contributed by atoms with van der Waals surface area (Å²) in [6.07, 6.45) is 6.63. The number of ether oxygens (including phenoxy) is 1. The molecule has 10 aromatic carbocycles. The van der Waals surface area contributed by atoms with Gasteiger partial charge in [-0.2, -0.15) is 0 Å². The molecule has 1 aliphatic carbocycles. The van der Waals surface area contributed by atoms with Crippen LogP contribution in [0.3, 0.4) is 0 Å². The quantitative estimate of drug-likeness (QED) is 0.0953. The molecule has 3 nitrogen and oxygen atoms in total. The number of hydrogen-bond acceptors (Lipinski definition) is 2. The molecular weight excluding hydrogens is 897 g/mol. The molecule has 0 bridgehead atoms. The minimum absolute atomic E-state index is 0.366. The smallest absolute Gasteiger partial charge is 0.119 e. The van der Waals surface area contributed by atoms with E-state index in [-0.39, 0.29) is 5.41 Å². The molecule has 0 aliphatic heterocycles. The summed E-state index contributed by atoms with van der Waals surface area (Å²) < 4.78 is 8.70. The van der Waals surface area contributed by atoms with Crippen molar-refractivity contribution in [2.75, 3.05) is 11.5 Å². The van der Waals surface area contributed by atoms with Gasteiger partial charge in [-0.05, 0) is 185 Å². The fraction of sp³-hybridized carbons (Fsp3) is 0.0986. The summed E-state index contributed by atoms with van der Waals surface area (Å²) in [5.41, 5.74) is 22.7. The number of rotatable bonds is 15. The van der Waals surface area contributed by atoms with Crippen LogP contribution in [0.25, 0.3) is 73.0 Å². The summed E-state index contributed by atoms with van der Waals surface area (Å²) in [7, 11) is 0. The van der Waals surface area contributed by atoms with Crippen molar-refractivity contribution in [2.45, 2.75) is 38.5 Å². The monoisotopic (exact) mass is 954 g/mol. The zero-order chi connectivity index (χ0) is 50.2. The normalized spacial score (nSPS) is 13.6. The minimum atomic E-state index is -0.366. The van der Waals surface area contributed by atoms with E-state index in [0.717, 1.165) is 64.5 Å². The Hall–Kier alpha value is -8.92. The van der Waals surface area contributed by atoms with Gasteiger partial charge in [0, 0.05) is 38.9 Å². The topological polar surface area (TPSA) is 17.4 Å². The largest absolute Gasteiger partial charge is 0.494 e. The lowest BCUT2D eigenvalue weighted by molar-refractivity contribution is 0.301. The van der Waals surface area contributed by atoms with Crippen LogP contribution in [0.4, 0.5) is 17.1 Å². The van der Waals surface area contributed by atoms with Crippen molar-refractivity contribution in [1.82, 2.24) is 4.57 Å². The first-order valence-corrected chi connectivity index (χ1v) is 25.9. The van der Waals surface area contributed by atoms with Crippen LogP contribution in [-0.4, -0.2) is 11.2 Å². The predicted octanol–water partition coefficient (Wildman–Crippen LogP) is 19.1. The second kappa shape index (κ2) is 19.6. The van der Waals surface area contributed by atoms with Gasteiger partial charge in [0.2, 0.25) is 0 Å². The molecule has 1 aromatic heterocycles. The third-order valence-electron chi connectivity index (χ3n) is 15.3. The predicted molar refractivity (Wildman–Crippen MR) is 314 cm³/mol. The Kier molecular flexibility index (Phi) is 12.2. The zero-order valence-corrected chi connectivity index (χ0v) is 42.1. The fourth-order valence-corrected chi connectivity index (χ4v) is 11.6. The van der Waals surface area contributed by atoms with E-state index in [1.807, 2.05) is 24.3 Å². The second-order valence-electron chi connectivity index (χ2n) is 19.8. The Morgan fingerprint density at radius 2 is 1.01 bits per heavy atom. The van der Waals surface area contributed by atoms with Crippen LogP contribution >= 0.6 is 0 Å². The van der Waals surface area contributed by atoms with Crippen LogP contribution in [0, 0.1) is 13.8 Å². The molecule has 0 saturated carbocycles. The summed E-state index contributed by atoms with van der Waals surface area (Å²) in [5.74, 6) is 0.893. The van der Waals surface area contributed by atoms with E-state index in [9.17, 15) is 0 Å². The van der Waals surface area contributed by atoms with Crippen LogP contribution in [0.1, 0.15) is 58.2 Å². The van der Waals surface area contributed by atoms with E-state index < -0.39 is 0 Å². The SMILES string of the molecule is C=Cc1ccc(OCCCCC2(c3cc(C)ccc3C)c3ccccc3-c3ccc(N(c4ccccc4)c4ccc(-c5ccc6c(c5)c5cc(-c7ccc(C=C)cc7)ccc5n6-c5ccccc5)cc4)cc32)cc1. The van der Waals surface area contributed by atoms with Crippen molar-refractivity contribution in [3.05, 3.63) is 283 Å². The van der Waals surface area contributed by atoms with Gasteiger partial charge in [0.05, 0.1) is 17.6 Å². The number of hydrogen-bond donors (Lipinski definition) is 0. The standard InChI is InChI=1S/C71H58N2O/c1-5-51-25-29-53(30-26-51)55-33-41-69-64(46-55)65-47-56(34-42-70(65)73(69)58-19-11-8-12-20-58)54-31-35-59(36-32-54)72(57-17-9-7-10-18-57)60-37-40-63-62-21-13-14-22-66(62)71(68(63)48-60,67-45-49(3)23-24-50(67)4)43-15-16-44-74-61-38-27-52(6-2)28-39-61/h5-14,17-42,45-48H,1-2,15-16,43-44H2,3-4H3. The van der Waals surface area contributed by atoms with Gasteiger partial charge < -0.3 is 14.2 Å². The van der Waals surface area contributed by atoms with Gasteiger partial charge in [0.15, 0.2) is 0 Å². The molecule has 358 valence electrons. The molecule has 1 heterocycles. The van der Waals surface area contributed by atoms with E-state index >= 15 is 0 Å². The van der Waals surface area contributed by atoms with Crippen molar-refractivity contribution < 1.29 is 4.74 Å². The summed E-state index contributed by atoms with van der Waals surface area (Å²) in [6, 6.07) is 84.6. The molecule has 1 aliphatic rings. The molecule has 12 rings (SSSR count). The van der Waals surface area contributed by atoms with Crippen molar-refractivity contribution in [2.24, 2.45) is 0 Å². The lowest BCUT2D eigenvalue weighted by Crippen LogP contribution is -2.28. The van der Waals surface area contributed by atoms with E-state index in [2.05, 4.69) is 255 Å². The minimum Gasteiger partial charge on any atom is -0.494 e. The maximum atomic E-state index is 6.31. The van der Waals surface area contributed by atoms with E-state index in [4.69, 9.17) is 4.74 Å². The maximum absolute atomic E-state index is 6.31. The number of unbranched alkanes of at least 4 members (excludes halogenated alkanes) is 1. The lowest BCUT2D eigenvalue weighted by atomic mass is 9.67. The molecule has 1 unspecified atom stereocenters. The number of aromatic nitrogens is 1. The molecule has 0 N–H and O–H groups in total. The van der Waals surface area contributed by atoms with Crippen LogP contribution in [0.5, 0.6) is 5.75 Å². The van der Waals surface area contributed by atoms with Crippen molar-refractivity contribution in [1.29, 1.82) is 0 Å². The number of nitrogens with zero attached hydrogens (tertiary/aromatic N) is 2. The van der Waals surface area contributed by atoms with Crippen molar-refractivity contribution >= 4 is 51.0 Å². The fourth-order valence-electron chi connectivity index (χ4n) is 11.6. The summed E-state index contributed by atoms with van der Waals surface area (Å²) in [6.45, 7) is 13.0. The van der Waals surface area contributed by atoms with Crippen LogP contribution in [0.2, 0.25) is 0 Å². The summed E-state index contributed by atoms with van der Waals surface area (Å²) in [4.78, 5) is 2.42. The highest BCUT2D eigenvalue weighted by Crippen LogP contribution is 2.57. The first-order chi connectivity index (χ1) is 36.4.